The number of piperidine rings is 1. The molecule has 0 unspecified atom stereocenters. The number of aromatic amines is 2. The topological polar surface area (TPSA) is 86.8 Å². The van der Waals surface area contributed by atoms with Crippen molar-refractivity contribution in [2.45, 2.75) is 45.1 Å². The third-order valence-corrected chi connectivity index (χ3v) is 7.52. The van der Waals surface area contributed by atoms with Crippen molar-refractivity contribution in [3.8, 4) is 11.1 Å². The molecule has 1 amide bonds. The zero-order chi connectivity index (χ0) is 25.7. The van der Waals surface area contributed by atoms with Gasteiger partial charge in [-0.25, -0.2) is 9.78 Å². The Hall–Kier alpha value is -4.13. The molecule has 0 spiro atoms. The van der Waals surface area contributed by atoms with Crippen molar-refractivity contribution < 1.29 is 4.79 Å². The van der Waals surface area contributed by atoms with E-state index in [4.69, 9.17) is 0 Å². The molecule has 2 N–H and O–H groups in total. The van der Waals surface area contributed by atoms with Gasteiger partial charge in [0.25, 0.3) is 5.91 Å². The standard InChI is InChI=1S/C30H31N5O2/c1-30(2,3)22-12-10-20(11-13-22)19-6-8-21(9-7-19)28(36)34-16-4-5-23(18-34)35-26-24-14-15-31-27(24)32-17-25(26)33-29(35)37/h6-15,17,23H,4-5,16,18H2,1-3H3,(H,31,32)(H,33,37)/t23-/m1/s1. The quantitative estimate of drug-likeness (QED) is 0.341. The molecule has 1 atom stereocenters. The maximum atomic E-state index is 13.5. The number of nitrogens with zero attached hydrogens (tertiary/aromatic N) is 3. The lowest BCUT2D eigenvalue weighted by molar-refractivity contribution is 0.0680. The van der Waals surface area contributed by atoms with Crippen LogP contribution in [0.3, 0.4) is 0 Å². The van der Waals surface area contributed by atoms with E-state index in [0.29, 0.717) is 24.2 Å². The molecule has 1 aliphatic rings. The van der Waals surface area contributed by atoms with Crippen molar-refractivity contribution in [3.05, 3.63) is 88.6 Å². The van der Waals surface area contributed by atoms with Crippen LogP contribution in [0.1, 0.15) is 55.6 Å². The van der Waals surface area contributed by atoms with E-state index in [9.17, 15) is 9.59 Å². The second-order valence-corrected chi connectivity index (χ2v) is 11.0. The molecular formula is C30H31N5O2. The van der Waals surface area contributed by atoms with E-state index in [1.54, 1.807) is 6.20 Å². The van der Waals surface area contributed by atoms with Gasteiger partial charge in [-0.3, -0.25) is 9.36 Å². The number of pyridine rings is 1. The van der Waals surface area contributed by atoms with Crippen LogP contribution >= 0.6 is 0 Å². The van der Waals surface area contributed by atoms with Gasteiger partial charge >= 0.3 is 5.69 Å². The third kappa shape index (κ3) is 4.14. The van der Waals surface area contributed by atoms with E-state index in [1.807, 2.05) is 46.0 Å². The number of fused-ring (bicyclic) bond motifs is 3. The average Bonchev–Trinajstić information content (AvgIpc) is 3.51. The predicted molar refractivity (Wildman–Crippen MR) is 147 cm³/mol. The molecule has 1 saturated heterocycles. The number of imidazole rings is 1. The molecule has 0 saturated carbocycles. The first kappa shape index (κ1) is 23.3. The maximum Gasteiger partial charge on any atom is 0.326 e. The Kier molecular flexibility index (Phi) is 5.51. The van der Waals surface area contributed by atoms with Gasteiger partial charge in [-0.2, -0.15) is 0 Å². The molecule has 188 valence electrons. The minimum Gasteiger partial charge on any atom is -0.346 e. The summed E-state index contributed by atoms with van der Waals surface area (Å²) < 4.78 is 1.82. The lowest BCUT2D eigenvalue weighted by Gasteiger charge is -2.33. The van der Waals surface area contributed by atoms with Crippen LogP contribution in [0.5, 0.6) is 0 Å². The fourth-order valence-corrected chi connectivity index (χ4v) is 5.47. The number of carbonyl (C=O) groups is 1. The lowest BCUT2D eigenvalue weighted by atomic mass is 9.86. The number of nitrogens with one attached hydrogen (secondary N) is 2. The van der Waals surface area contributed by atoms with Gasteiger partial charge in [0.05, 0.1) is 23.3 Å². The van der Waals surface area contributed by atoms with Gasteiger partial charge in [0.2, 0.25) is 0 Å². The summed E-state index contributed by atoms with van der Waals surface area (Å²) in [4.78, 5) is 38.7. The number of H-pyrrole nitrogens is 2. The summed E-state index contributed by atoms with van der Waals surface area (Å²) in [6.07, 6.45) is 5.21. The molecule has 2 aromatic carbocycles. The fourth-order valence-electron chi connectivity index (χ4n) is 5.47. The van der Waals surface area contributed by atoms with Gasteiger partial charge < -0.3 is 14.9 Å². The number of likely N-dealkylation sites (tertiary alicyclic amines) is 1. The van der Waals surface area contributed by atoms with Crippen LogP contribution in [-0.4, -0.2) is 43.4 Å². The number of hydrogen-bond acceptors (Lipinski definition) is 3. The SMILES string of the molecule is CC(C)(C)c1ccc(-c2ccc(C(=O)N3CCC[C@@H](n4c(=O)[nH]c5cnc6[nH]ccc6c54)C3)cc2)cc1. The van der Waals surface area contributed by atoms with E-state index in [2.05, 4.69) is 60.0 Å². The van der Waals surface area contributed by atoms with E-state index in [1.165, 1.54) is 5.56 Å². The van der Waals surface area contributed by atoms with Crippen molar-refractivity contribution >= 4 is 28.0 Å². The van der Waals surface area contributed by atoms with Crippen LogP contribution in [0.4, 0.5) is 0 Å². The Morgan fingerprint density at radius 3 is 2.41 bits per heavy atom. The molecule has 7 heteroatoms. The predicted octanol–water partition coefficient (Wildman–Crippen LogP) is 5.65. The van der Waals surface area contributed by atoms with E-state index >= 15 is 0 Å². The number of aromatic nitrogens is 4. The zero-order valence-electron chi connectivity index (χ0n) is 21.4. The highest BCUT2D eigenvalue weighted by molar-refractivity contribution is 6.01. The van der Waals surface area contributed by atoms with E-state index in [0.717, 1.165) is 40.5 Å². The molecule has 0 radical (unpaired) electrons. The second kappa shape index (κ2) is 8.76. The highest BCUT2D eigenvalue weighted by atomic mass is 16.2. The zero-order valence-corrected chi connectivity index (χ0v) is 21.4. The van der Waals surface area contributed by atoms with Gasteiger partial charge in [0.1, 0.15) is 5.65 Å². The molecule has 6 rings (SSSR count). The molecule has 0 bridgehead atoms. The largest absolute Gasteiger partial charge is 0.346 e. The summed E-state index contributed by atoms with van der Waals surface area (Å²) in [5.41, 5.74) is 6.44. The van der Waals surface area contributed by atoms with Gasteiger partial charge in [0, 0.05) is 30.2 Å². The first-order chi connectivity index (χ1) is 17.8. The summed E-state index contributed by atoms with van der Waals surface area (Å²) in [5.74, 6) is 0.000629. The van der Waals surface area contributed by atoms with Crippen LogP contribution in [-0.2, 0) is 5.41 Å². The number of hydrogen-bond donors (Lipinski definition) is 2. The maximum absolute atomic E-state index is 13.5. The summed E-state index contributed by atoms with van der Waals surface area (Å²) in [6, 6.07) is 18.3. The van der Waals surface area contributed by atoms with Crippen molar-refractivity contribution in [1.29, 1.82) is 0 Å². The average molecular weight is 494 g/mol. The molecule has 1 aliphatic heterocycles. The van der Waals surface area contributed by atoms with Crippen LogP contribution in [0.2, 0.25) is 0 Å². The molecule has 7 nitrogen and oxygen atoms in total. The molecule has 4 heterocycles. The van der Waals surface area contributed by atoms with Crippen LogP contribution in [0, 0.1) is 0 Å². The second-order valence-electron chi connectivity index (χ2n) is 11.0. The minimum absolute atomic E-state index is 0.000629. The summed E-state index contributed by atoms with van der Waals surface area (Å²) in [5, 5.41) is 0.908. The summed E-state index contributed by atoms with van der Waals surface area (Å²) in [7, 11) is 0. The van der Waals surface area contributed by atoms with Gasteiger partial charge in [-0.15, -0.1) is 0 Å². The number of rotatable bonds is 3. The van der Waals surface area contributed by atoms with Crippen molar-refractivity contribution in [2.75, 3.05) is 13.1 Å². The first-order valence-electron chi connectivity index (χ1n) is 12.9. The van der Waals surface area contributed by atoms with Crippen LogP contribution < -0.4 is 5.69 Å². The van der Waals surface area contributed by atoms with Crippen LogP contribution in [0.15, 0.2) is 71.8 Å². The van der Waals surface area contributed by atoms with Crippen molar-refractivity contribution in [3.63, 3.8) is 0 Å². The lowest BCUT2D eigenvalue weighted by Crippen LogP contribution is -2.42. The molecule has 37 heavy (non-hydrogen) atoms. The van der Waals surface area contributed by atoms with Gasteiger partial charge in [-0.05, 0) is 53.1 Å². The third-order valence-electron chi connectivity index (χ3n) is 7.52. The number of carbonyl (C=O) groups excluding carboxylic acids is 1. The Morgan fingerprint density at radius 1 is 1.00 bits per heavy atom. The molecule has 0 aliphatic carbocycles. The number of benzene rings is 2. The Bertz CT molecular complexity index is 1650. The Balaban J connectivity index is 1.24. The van der Waals surface area contributed by atoms with Gasteiger partial charge in [0.15, 0.2) is 0 Å². The normalized spacial score (nSPS) is 16.5. The first-order valence-corrected chi connectivity index (χ1v) is 12.9. The van der Waals surface area contributed by atoms with Crippen molar-refractivity contribution in [2.24, 2.45) is 0 Å². The highest BCUT2D eigenvalue weighted by Crippen LogP contribution is 2.29. The summed E-state index contributed by atoms with van der Waals surface area (Å²) in [6.45, 7) is 7.81. The number of amides is 1. The molecule has 5 aromatic rings. The Morgan fingerprint density at radius 2 is 1.70 bits per heavy atom. The summed E-state index contributed by atoms with van der Waals surface area (Å²) >= 11 is 0. The van der Waals surface area contributed by atoms with E-state index < -0.39 is 0 Å². The minimum atomic E-state index is -0.161. The van der Waals surface area contributed by atoms with Crippen LogP contribution in [0.25, 0.3) is 33.2 Å². The molecular weight excluding hydrogens is 462 g/mol. The fraction of sp³-hybridized carbons (Fsp3) is 0.300. The smallest absolute Gasteiger partial charge is 0.326 e. The monoisotopic (exact) mass is 493 g/mol. The molecule has 3 aromatic heterocycles. The van der Waals surface area contributed by atoms with Gasteiger partial charge in [-0.1, -0.05) is 57.2 Å². The molecule has 1 fully saturated rings. The highest BCUT2D eigenvalue weighted by Gasteiger charge is 2.28. The Labute approximate surface area is 215 Å². The van der Waals surface area contributed by atoms with E-state index in [-0.39, 0.29) is 23.1 Å². The van der Waals surface area contributed by atoms with Crippen molar-refractivity contribution in [1.82, 2.24) is 24.4 Å².